The molecule has 0 fully saturated rings. The summed E-state index contributed by atoms with van der Waals surface area (Å²) in [7, 11) is 2.83. The molecule has 23 heavy (non-hydrogen) atoms. The molecule has 0 aliphatic rings. The molecule has 0 aromatic heterocycles. The van der Waals surface area contributed by atoms with Crippen molar-refractivity contribution in [2.24, 2.45) is 0 Å². The molecule has 1 rings (SSSR count). The van der Waals surface area contributed by atoms with Gasteiger partial charge in [0.2, 0.25) is 0 Å². The molecule has 0 bridgehead atoms. The van der Waals surface area contributed by atoms with Gasteiger partial charge in [0.15, 0.2) is 0 Å². The monoisotopic (exact) mass is 435 g/mol. The van der Waals surface area contributed by atoms with Gasteiger partial charge in [-0.3, -0.25) is 0 Å². The van der Waals surface area contributed by atoms with Crippen molar-refractivity contribution in [2.45, 2.75) is 38.8 Å². The van der Waals surface area contributed by atoms with E-state index in [0.717, 1.165) is 9.13 Å². The molecule has 0 saturated carbocycles. The highest BCUT2D eigenvalue weighted by molar-refractivity contribution is 14.1. The van der Waals surface area contributed by atoms with E-state index in [-0.39, 0.29) is 6.42 Å². The first-order valence-electron chi connectivity index (χ1n) is 7.06. The molecule has 1 amide bonds. The lowest BCUT2D eigenvalue weighted by molar-refractivity contribution is -0.143. The molecule has 0 aliphatic carbocycles. The molecule has 1 aromatic rings. The number of benzene rings is 1. The van der Waals surface area contributed by atoms with Crippen LogP contribution in [-0.4, -0.2) is 37.9 Å². The third-order valence-electron chi connectivity index (χ3n) is 2.84. The topological polar surface area (TPSA) is 73.9 Å². The van der Waals surface area contributed by atoms with Crippen LogP contribution in [0.2, 0.25) is 0 Å². The van der Waals surface area contributed by atoms with Crippen LogP contribution in [0.4, 0.5) is 4.79 Å². The number of carbonyl (C=O) groups excluding carboxylic acids is 2. The second kappa shape index (κ2) is 8.37. The zero-order valence-electron chi connectivity index (χ0n) is 13.9. The van der Waals surface area contributed by atoms with Crippen LogP contribution in [-0.2, 0) is 20.7 Å². The molecule has 128 valence electrons. The standard InChI is InChI=1S/C16H22INO5/c1-16(2,3)23-15(20)18-12(14(19)22-5)9-10-8-11(17)6-7-13(10)21-4/h6-8,12H,9H2,1-5H3,(H,18,20)/t12-/m0/s1. The molecule has 0 heterocycles. The van der Waals surface area contributed by atoms with E-state index in [1.807, 2.05) is 18.2 Å². The van der Waals surface area contributed by atoms with Crippen molar-refractivity contribution in [3.05, 3.63) is 27.3 Å². The Kier molecular flexibility index (Phi) is 7.11. The lowest BCUT2D eigenvalue weighted by atomic mass is 10.0. The van der Waals surface area contributed by atoms with E-state index in [2.05, 4.69) is 27.9 Å². The van der Waals surface area contributed by atoms with E-state index in [4.69, 9.17) is 14.2 Å². The van der Waals surface area contributed by atoms with Crippen molar-refractivity contribution < 1.29 is 23.8 Å². The molecule has 6 nitrogen and oxygen atoms in total. The number of carbonyl (C=O) groups is 2. The lowest BCUT2D eigenvalue weighted by Gasteiger charge is -2.23. The quantitative estimate of drug-likeness (QED) is 0.569. The van der Waals surface area contributed by atoms with Gasteiger partial charge in [0.05, 0.1) is 14.2 Å². The second-order valence-corrected chi connectivity index (χ2v) is 7.13. The maximum absolute atomic E-state index is 12.0. The molecule has 1 aromatic carbocycles. The molecule has 0 saturated heterocycles. The van der Waals surface area contributed by atoms with Crippen molar-refractivity contribution in [2.75, 3.05) is 14.2 Å². The molecule has 0 spiro atoms. The van der Waals surface area contributed by atoms with Crippen LogP contribution >= 0.6 is 22.6 Å². The lowest BCUT2D eigenvalue weighted by Crippen LogP contribution is -2.45. The van der Waals surface area contributed by atoms with Gasteiger partial charge in [-0.2, -0.15) is 0 Å². The van der Waals surface area contributed by atoms with Crippen LogP contribution in [0.3, 0.4) is 0 Å². The number of alkyl carbamates (subject to hydrolysis) is 1. The fourth-order valence-electron chi connectivity index (χ4n) is 1.91. The minimum atomic E-state index is -0.859. The summed E-state index contributed by atoms with van der Waals surface area (Å²) in [6.07, 6.45) is -0.427. The molecule has 0 aliphatic heterocycles. The summed E-state index contributed by atoms with van der Waals surface area (Å²) in [5.74, 6) is 0.0991. The zero-order chi connectivity index (χ0) is 17.6. The van der Waals surface area contributed by atoms with E-state index in [0.29, 0.717) is 5.75 Å². The zero-order valence-corrected chi connectivity index (χ0v) is 16.1. The van der Waals surface area contributed by atoms with E-state index >= 15 is 0 Å². The number of ether oxygens (including phenoxy) is 3. The first-order valence-corrected chi connectivity index (χ1v) is 8.14. The van der Waals surface area contributed by atoms with Gasteiger partial charge < -0.3 is 19.5 Å². The average Bonchev–Trinajstić information content (AvgIpc) is 2.44. The van der Waals surface area contributed by atoms with Gasteiger partial charge in [0, 0.05) is 9.99 Å². The normalized spacial score (nSPS) is 12.3. The third-order valence-corrected chi connectivity index (χ3v) is 3.51. The average molecular weight is 435 g/mol. The summed E-state index contributed by atoms with van der Waals surface area (Å²) in [4.78, 5) is 23.9. The Bertz CT molecular complexity index is 568. The number of hydrogen-bond donors (Lipinski definition) is 1. The van der Waals surface area contributed by atoms with Crippen molar-refractivity contribution in [1.29, 1.82) is 0 Å². The largest absolute Gasteiger partial charge is 0.496 e. The summed E-state index contributed by atoms with van der Waals surface area (Å²) >= 11 is 2.17. The van der Waals surface area contributed by atoms with Crippen LogP contribution in [0.1, 0.15) is 26.3 Å². The van der Waals surface area contributed by atoms with Crippen LogP contribution in [0.5, 0.6) is 5.75 Å². The van der Waals surface area contributed by atoms with Crippen molar-refractivity contribution in [3.63, 3.8) is 0 Å². The van der Waals surface area contributed by atoms with Gasteiger partial charge in [0.1, 0.15) is 17.4 Å². The van der Waals surface area contributed by atoms with E-state index < -0.39 is 23.7 Å². The fourth-order valence-corrected chi connectivity index (χ4v) is 2.47. The first-order chi connectivity index (χ1) is 10.7. The molecule has 1 N–H and O–H groups in total. The van der Waals surface area contributed by atoms with Gasteiger partial charge >= 0.3 is 12.1 Å². The third kappa shape index (κ3) is 6.64. The summed E-state index contributed by atoms with van der Waals surface area (Å²) in [5.41, 5.74) is 0.149. The van der Waals surface area contributed by atoms with Crippen molar-refractivity contribution in [1.82, 2.24) is 5.32 Å². The smallest absolute Gasteiger partial charge is 0.408 e. The molecular weight excluding hydrogens is 413 g/mol. The minimum Gasteiger partial charge on any atom is -0.496 e. The summed E-state index contributed by atoms with van der Waals surface area (Å²) in [5, 5.41) is 2.55. The number of amides is 1. The predicted octanol–water partition coefficient (Wildman–Crippen LogP) is 2.91. The summed E-state index contributed by atoms with van der Waals surface area (Å²) < 4.78 is 16.3. The number of halogens is 1. The van der Waals surface area contributed by atoms with Crippen LogP contribution in [0.15, 0.2) is 18.2 Å². The number of rotatable bonds is 5. The minimum absolute atomic E-state index is 0.242. The molecule has 0 unspecified atom stereocenters. The highest BCUT2D eigenvalue weighted by Crippen LogP contribution is 2.22. The Balaban J connectivity index is 2.94. The van der Waals surface area contributed by atoms with Gasteiger partial charge in [-0.25, -0.2) is 9.59 Å². The first kappa shape index (κ1) is 19.5. The highest BCUT2D eigenvalue weighted by atomic mass is 127. The second-order valence-electron chi connectivity index (χ2n) is 5.88. The fraction of sp³-hybridized carbons (Fsp3) is 0.500. The maximum atomic E-state index is 12.0. The van der Waals surface area contributed by atoms with Crippen LogP contribution in [0, 0.1) is 3.57 Å². The van der Waals surface area contributed by atoms with E-state index in [1.54, 1.807) is 27.9 Å². The van der Waals surface area contributed by atoms with Gasteiger partial charge in [-0.1, -0.05) is 0 Å². The molecular formula is C16H22INO5. The molecule has 7 heteroatoms. The van der Waals surface area contributed by atoms with Crippen LogP contribution < -0.4 is 10.1 Å². The Hall–Kier alpha value is -1.51. The van der Waals surface area contributed by atoms with E-state index in [1.165, 1.54) is 7.11 Å². The van der Waals surface area contributed by atoms with Gasteiger partial charge in [-0.05, 0) is 67.1 Å². The summed E-state index contributed by atoms with van der Waals surface area (Å²) in [6, 6.07) is 4.75. The maximum Gasteiger partial charge on any atom is 0.408 e. The van der Waals surface area contributed by atoms with Gasteiger partial charge in [0.25, 0.3) is 0 Å². The Morgan fingerprint density at radius 1 is 1.26 bits per heavy atom. The Morgan fingerprint density at radius 3 is 2.43 bits per heavy atom. The number of nitrogens with one attached hydrogen (secondary N) is 1. The van der Waals surface area contributed by atoms with E-state index in [9.17, 15) is 9.59 Å². The number of methoxy groups -OCH3 is 2. The van der Waals surface area contributed by atoms with Crippen LogP contribution in [0.25, 0.3) is 0 Å². The Labute approximate surface area is 150 Å². The predicted molar refractivity (Wildman–Crippen MR) is 94.6 cm³/mol. The van der Waals surface area contributed by atoms with Crippen molar-refractivity contribution >= 4 is 34.7 Å². The highest BCUT2D eigenvalue weighted by Gasteiger charge is 2.26. The molecule has 0 radical (unpaired) electrons. The number of hydrogen-bond acceptors (Lipinski definition) is 5. The number of esters is 1. The Morgan fingerprint density at radius 2 is 1.91 bits per heavy atom. The van der Waals surface area contributed by atoms with Gasteiger partial charge in [-0.15, -0.1) is 0 Å². The summed E-state index contributed by atoms with van der Waals surface area (Å²) in [6.45, 7) is 5.26. The molecule has 1 atom stereocenters. The van der Waals surface area contributed by atoms with Crippen molar-refractivity contribution in [3.8, 4) is 5.75 Å². The SMILES string of the molecule is COC(=O)[C@H](Cc1cc(I)ccc1OC)NC(=O)OC(C)(C)C.